The number of rotatable bonds is 7. The molecule has 8 heteroatoms. The average Bonchev–Trinajstić information content (AvgIpc) is 2.35. The summed E-state index contributed by atoms with van der Waals surface area (Å²) >= 11 is 5.83. The first kappa shape index (κ1) is 17.7. The van der Waals surface area contributed by atoms with E-state index in [0.29, 0.717) is 42.3 Å². The molecule has 6 nitrogen and oxygen atoms in total. The highest BCUT2D eigenvalue weighted by atomic mass is 35.5. The Balaban J connectivity index is 2.47. The van der Waals surface area contributed by atoms with Gasteiger partial charge in [0.2, 0.25) is 10.0 Å². The van der Waals surface area contributed by atoms with Crippen molar-refractivity contribution in [1.82, 2.24) is 9.62 Å². The van der Waals surface area contributed by atoms with Crippen molar-refractivity contribution < 1.29 is 13.2 Å². The summed E-state index contributed by atoms with van der Waals surface area (Å²) in [4.78, 5) is 11.9. The van der Waals surface area contributed by atoms with Gasteiger partial charge in [0.05, 0.1) is 6.26 Å². The van der Waals surface area contributed by atoms with Gasteiger partial charge >= 0.3 is 0 Å². The number of nitrogens with one attached hydrogen (secondary N) is 1. The molecular formula is C13H20ClN3O3S. The molecule has 0 heterocycles. The lowest BCUT2D eigenvalue weighted by Crippen LogP contribution is -2.33. The molecule has 1 aromatic carbocycles. The maximum Gasteiger partial charge on any atom is 0.251 e. The second-order valence-corrected chi connectivity index (χ2v) is 7.06. The molecule has 118 valence electrons. The molecule has 0 aliphatic carbocycles. The van der Waals surface area contributed by atoms with Gasteiger partial charge in [0.1, 0.15) is 0 Å². The van der Waals surface area contributed by atoms with Crippen molar-refractivity contribution in [2.45, 2.75) is 13.3 Å². The van der Waals surface area contributed by atoms with Gasteiger partial charge in [-0.2, -0.15) is 0 Å². The van der Waals surface area contributed by atoms with Gasteiger partial charge in [0, 0.05) is 35.9 Å². The molecule has 0 saturated carbocycles. The first-order valence-corrected chi connectivity index (χ1v) is 8.76. The van der Waals surface area contributed by atoms with Gasteiger partial charge in [-0.05, 0) is 24.6 Å². The highest BCUT2D eigenvalue weighted by molar-refractivity contribution is 7.88. The summed E-state index contributed by atoms with van der Waals surface area (Å²) < 4.78 is 24.2. The van der Waals surface area contributed by atoms with Gasteiger partial charge < -0.3 is 11.1 Å². The number of nitrogen functional groups attached to an aromatic ring is 1. The number of nitrogens with zero attached hydrogens (tertiary/aromatic N) is 1. The van der Waals surface area contributed by atoms with E-state index in [4.69, 9.17) is 17.3 Å². The fraction of sp³-hybridized carbons (Fsp3) is 0.462. The molecule has 0 aromatic heterocycles. The number of benzene rings is 1. The number of carbonyl (C=O) groups excluding carboxylic acids is 1. The molecule has 1 rings (SSSR count). The molecule has 21 heavy (non-hydrogen) atoms. The molecular weight excluding hydrogens is 314 g/mol. The van der Waals surface area contributed by atoms with Gasteiger partial charge in [0.25, 0.3) is 5.91 Å². The normalized spacial score (nSPS) is 11.6. The van der Waals surface area contributed by atoms with E-state index in [9.17, 15) is 13.2 Å². The summed E-state index contributed by atoms with van der Waals surface area (Å²) in [7, 11) is -3.19. The Hall–Kier alpha value is -1.31. The summed E-state index contributed by atoms with van der Waals surface area (Å²) in [6.07, 6.45) is 1.70. The zero-order valence-corrected chi connectivity index (χ0v) is 13.7. The van der Waals surface area contributed by atoms with Crippen LogP contribution >= 0.6 is 11.6 Å². The van der Waals surface area contributed by atoms with Crippen LogP contribution in [-0.2, 0) is 10.0 Å². The van der Waals surface area contributed by atoms with Crippen molar-refractivity contribution in [1.29, 1.82) is 0 Å². The van der Waals surface area contributed by atoms with E-state index in [1.54, 1.807) is 13.0 Å². The molecule has 0 bridgehead atoms. The number of halogens is 1. The molecule has 0 spiro atoms. The number of amides is 1. The monoisotopic (exact) mass is 333 g/mol. The number of nitrogens with two attached hydrogens (primary N) is 1. The van der Waals surface area contributed by atoms with E-state index in [0.717, 1.165) is 0 Å². The van der Waals surface area contributed by atoms with Gasteiger partial charge in [-0.1, -0.05) is 18.5 Å². The van der Waals surface area contributed by atoms with Gasteiger partial charge in [-0.25, -0.2) is 12.7 Å². The molecule has 1 aromatic rings. The topological polar surface area (TPSA) is 92.5 Å². The number of anilines is 1. The summed E-state index contributed by atoms with van der Waals surface area (Å²) in [5.74, 6) is -0.286. The standard InChI is InChI=1S/C13H20ClN3O3S/c1-3-17(21(2,19)20)6-4-5-16-13(18)10-7-11(14)9-12(15)8-10/h7-9H,3-6,15H2,1-2H3,(H,16,18). The number of sulfonamides is 1. The smallest absolute Gasteiger partial charge is 0.251 e. The van der Waals surface area contributed by atoms with Gasteiger partial charge in [0.15, 0.2) is 0 Å². The third-order valence-corrected chi connectivity index (χ3v) is 4.47. The van der Waals surface area contributed by atoms with Crippen molar-refractivity contribution in [2.75, 3.05) is 31.6 Å². The largest absolute Gasteiger partial charge is 0.399 e. The van der Waals surface area contributed by atoms with Crippen molar-refractivity contribution >= 4 is 33.2 Å². The van der Waals surface area contributed by atoms with E-state index >= 15 is 0 Å². The second-order valence-electron chi connectivity index (χ2n) is 4.64. The fourth-order valence-electron chi connectivity index (χ4n) is 1.86. The van der Waals surface area contributed by atoms with Gasteiger partial charge in [-0.15, -0.1) is 0 Å². The van der Waals surface area contributed by atoms with Crippen molar-refractivity contribution in [3.05, 3.63) is 28.8 Å². The van der Waals surface area contributed by atoms with Crippen molar-refractivity contribution in [2.24, 2.45) is 0 Å². The maximum absolute atomic E-state index is 11.9. The summed E-state index contributed by atoms with van der Waals surface area (Å²) in [6.45, 7) is 2.93. The van der Waals surface area contributed by atoms with Crippen LogP contribution in [0.5, 0.6) is 0 Å². The Morgan fingerprint density at radius 1 is 1.38 bits per heavy atom. The van der Waals surface area contributed by atoms with Crippen LogP contribution in [-0.4, -0.2) is 44.5 Å². The van der Waals surface area contributed by atoms with Gasteiger partial charge in [-0.3, -0.25) is 4.79 Å². The highest BCUT2D eigenvalue weighted by Gasteiger charge is 2.13. The predicted octanol–water partition coefficient (Wildman–Crippen LogP) is 1.32. The molecule has 0 unspecified atom stereocenters. The van der Waals surface area contributed by atoms with E-state index in [1.165, 1.54) is 22.7 Å². The Morgan fingerprint density at radius 3 is 2.57 bits per heavy atom. The van der Waals surface area contributed by atoms with Crippen LogP contribution in [0.4, 0.5) is 5.69 Å². The molecule has 0 aliphatic rings. The lowest BCUT2D eigenvalue weighted by molar-refractivity contribution is 0.0953. The van der Waals surface area contributed by atoms with E-state index in [2.05, 4.69) is 5.32 Å². The van der Waals surface area contributed by atoms with Crippen LogP contribution in [0.2, 0.25) is 5.02 Å². The lowest BCUT2D eigenvalue weighted by Gasteiger charge is -2.17. The molecule has 0 aliphatic heterocycles. The van der Waals surface area contributed by atoms with Crippen LogP contribution in [0.3, 0.4) is 0 Å². The Bertz CT molecular complexity index is 584. The van der Waals surface area contributed by atoms with Crippen LogP contribution in [0.25, 0.3) is 0 Å². The molecule has 0 radical (unpaired) electrons. The first-order chi connectivity index (χ1) is 9.74. The quantitative estimate of drug-likeness (QED) is 0.581. The fourth-order valence-corrected chi connectivity index (χ4v) is 3.03. The van der Waals surface area contributed by atoms with Crippen LogP contribution in [0.1, 0.15) is 23.7 Å². The SMILES string of the molecule is CCN(CCCNC(=O)c1cc(N)cc(Cl)c1)S(C)(=O)=O. The third-order valence-electron chi connectivity index (χ3n) is 2.87. The molecule has 1 amide bonds. The number of hydrogen-bond donors (Lipinski definition) is 2. The second kappa shape index (κ2) is 7.63. The first-order valence-electron chi connectivity index (χ1n) is 6.53. The van der Waals surface area contributed by atoms with E-state index < -0.39 is 10.0 Å². The summed E-state index contributed by atoms with van der Waals surface area (Å²) in [5, 5.41) is 3.11. The predicted molar refractivity (Wildman–Crippen MR) is 84.9 cm³/mol. The Morgan fingerprint density at radius 2 is 2.05 bits per heavy atom. The zero-order valence-electron chi connectivity index (χ0n) is 12.1. The number of hydrogen-bond acceptors (Lipinski definition) is 4. The minimum absolute atomic E-state index is 0.286. The van der Waals surface area contributed by atoms with Crippen molar-refractivity contribution in [3.63, 3.8) is 0 Å². The van der Waals surface area contributed by atoms with Crippen LogP contribution < -0.4 is 11.1 Å². The summed E-state index contributed by atoms with van der Waals surface area (Å²) in [6, 6.07) is 4.63. The van der Waals surface area contributed by atoms with E-state index in [-0.39, 0.29) is 5.91 Å². The van der Waals surface area contributed by atoms with Crippen LogP contribution in [0.15, 0.2) is 18.2 Å². The van der Waals surface area contributed by atoms with Crippen LogP contribution in [0, 0.1) is 0 Å². The summed E-state index contributed by atoms with van der Waals surface area (Å²) in [5.41, 5.74) is 6.42. The molecule has 3 N–H and O–H groups in total. The van der Waals surface area contributed by atoms with Crippen molar-refractivity contribution in [3.8, 4) is 0 Å². The minimum atomic E-state index is -3.19. The average molecular weight is 334 g/mol. The third kappa shape index (κ3) is 5.91. The Kier molecular flexibility index (Phi) is 6.44. The maximum atomic E-state index is 11.9. The zero-order chi connectivity index (χ0) is 16.0. The molecule has 0 atom stereocenters. The number of carbonyl (C=O) groups is 1. The highest BCUT2D eigenvalue weighted by Crippen LogP contribution is 2.16. The lowest BCUT2D eigenvalue weighted by atomic mass is 10.2. The molecule has 0 saturated heterocycles. The van der Waals surface area contributed by atoms with E-state index in [1.807, 2.05) is 0 Å². The molecule has 0 fully saturated rings. The minimum Gasteiger partial charge on any atom is -0.399 e. The Labute approximate surface area is 130 Å².